The van der Waals surface area contributed by atoms with Crippen LogP contribution in [-0.4, -0.2) is 9.78 Å². The van der Waals surface area contributed by atoms with Gasteiger partial charge in [0, 0.05) is 7.05 Å². The van der Waals surface area contributed by atoms with Gasteiger partial charge in [-0.1, -0.05) is 60.7 Å². The molecule has 0 saturated heterocycles. The largest absolute Gasteiger partial charge is 0.396 e. The minimum absolute atomic E-state index is 0.102. The van der Waals surface area contributed by atoms with Crippen molar-refractivity contribution in [3.05, 3.63) is 83.7 Å². The number of rotatable bonds is 3. The Morgan fingerprint density at radius 2 is 1.40 bits per heavy atom. The predicted molar refractivity (Wildman–Crippen MR) is 81.4 cm³/mol. The van der Waals surface area contributed by atoms with E-state index >= 15 is 0 Å². The third kappa shape index (κ3) is 2.18. The molecule has 3 heteroatoms. The number of aromatic nitrogens is 2. The normalized spacial score (nSPS) is 10.9. The molecule has 0 atom stereocenters. The molecular formula is C17H17N3. The molecule has 0 fully saturated rings. The molecule has 100 valence electrons. The first-order chi connectivity index (χ1) is 9.77. The molecule has 2 aromatic carbocycles. The Kier molecular flexibility index (Phi) is 3.25. The van der Waals surface area contributed by atoms with Gasteiger partial charge in [-0.2, -0.15) is 5.10 Å². The lowest BCUT2D eigenvalue weighted by Gasteiger charge is -2.19. The lowest BCUT2D eigenvalue weighted by Crippen LogP contribution is -2.10. The van der Waals surface area contributed by atoms with Crippen LogP contribution in [0.1, 0.15) is 22.7 Å². The van der Waals surface area contributed by atoms with E-state index in [2.05, 4.69) is 53.6 Å². The van der Waals surface area contributed by atoms with Gasteiger partial charge in [-0.15, -0.1) is 0 Å². The molecule has 0 aliphatic heterocycles. The van der Waals surface area contributed by atoms with Crippen molar-refractivity contribution in [3.8, 4) is 0 Å². The second kappa shape index (κ2) is 5.21. The van der Waals surface area contributed by atoms with Crippen molar-refractivity contribution in [2.75, 3.05) is 5.73 Å². The minimum Gasteiger partial charge on any atom is -0.396 e. The van der Waals surface area contributed by atoms with Gasteiger partial charge >= 0.3 is 0 Å². The van der Waals surface area contributed by atoms with Crippen LogP contribution in [0.5, 0.6) is 0 Å². The number of nitrogens with zero attached hydrogens (tertiary/aromatic N) is 2. The van der Waals surface area contributed by atoms with Gasteiger partial charge < -0.3 is 5.73 Å². The molecule has 0 aliphatic rings. The molecular weight excluding hydrogens is 246 g/mol. The summed E-state index contributed by atoms with van der Waals surface area (Å²) in [5, 5.41) is 4.28. The highest BCUT2D eigenvalue weighted by Crippen LogP contribution is 2.34. The number of benzene rings is 2. The Labute approximate surface area is 118 Å². The monoisotopic (exact) mass is 263 g/mol. The maximum Gasteiger partial charge on any atom is 0.0742 e. The van der Waals surface area contributed by atoms with Gasteiger partial charge in [0.2, 0.25) is 0 Å². The van der Waals surface area contributed by atoms with E-state index in [1.54, 1.807) is 6.20 Å². The summed E-state index contributed by atoms with van der Waals surface area (Å²) in [6, 6.07) is 20.8. The quantitative estimate of drug-likeness (QED) is 0.788. The van der Waals surface area contributed by atoms with Gasteiger partial charge in [-0.3, -0.25) is 4.68 Å². The minimum atomic E-state index is 0.102. The van der Waals surface area contributed by atoms with Gasteiger partial charge in [0.15, 0.2) is 0 Å². The van der Waals surface area contributed by atoms with Crippen LogP contribution in [0.3, 0.4) is 0 Å². The maximum atomic E-state index is 6.13. The van der Waals surface area contributed by atoms with E-state index in [1.165, 1.54) is 11.1 Å². The summed E-state index contributed by atoms with van der Waals surface area (Å²) < 4.78 is 1.86. The SMILES string of the molecule is Cn1ncc(N)c1C(c1ccccc1)c1ccccc1. The van der Waals surface area contributed by atoms with Crippen molar-refractivity contribution in [1.82, 2.24) is 9.78 Å². The fourth-order valence-electron chi connectivity index (χ4n) is 2.62. The Balaban J connectivity index is 2.20. The molecule has 0 bridgehead atoms. The van der Waals surface area contributed by atoms with E-state index in [4.69, 9.17) is 5.73 Å². The van der Waals surface area contributed by atoms with Crippen LogP contribution in [0.2, 0.25) is 0 Å². The highest BCUT2D eigenvalue weighted by molar-refractivity contribution is 5.52. The van der Waals surface area contributed by atoms with Crippen LogP contribution in [-0.2, 0) is 7.05 Å². The summed E-state index contributed by atoms with van der Waals surface area (Å²) in [5.74, 6) is 0.102. The van der Waals surface area contributed by atoms with Gasteiger partial charge in [-0.25, -0.2) is 0 Å². The Morgan fingerprint density at radius 1 is 0.900 bits per heavy atom. The van der Waals surface area contributed by atoms with Gasteiger partial charge in [0.1, 0.15) is 0 Å². The van der Waals surface area contributed by atoms with Crippen molar-refractivity contribution < 1.29 is 0 Å². The summed E-state index contributed by atoms with van der Waals surface area (Å²) in [5.41, 5.74) is 10.3. The summed E-state index contributed by atoms with van der Waals surface area (Å²) in [6.07, 6.45) is 1.72. The molecule has 3 aromatic rings. The van der Waals surface area contributed by atoms with Crippen molar-refractivity contribution in [1.29, 1.82) is 0 Å². The lowest BCUT2D eigenvalue weighted by molar-refractivity contribution is 0.699. The summed E-state index contributed by atoms with van der Waals surface area (Å²) in [6.45, 7) is 0. The standard InChI is InChI=1S/C17H17N3/c1-20-17(15(18)12-19-20)16(13-8-4-2-5-9-13)14-10-6-3-7-11-14/h2-12,16H,18H2,1H3. The molecule has 0 radical (unpaired) electrons. The van der Waals surface area contributed by atoms with Crippen LogP contribution in [0, 0.1) is 0 Å². The number of nitrogens with two attached hydrogens (primary N) is 1. The average Bonchev–Trinajstić information content (AvgIpc) is 2.82. The third-order valence-electron chi connectivity index (χ3n) is 3.55. The zero-order valence-corrected chi connectivity index (χ0v) is 11.4. The molecule has 1 heterocycles. The van der Waals surface area contributed by atoms with Crippen LogP contribution < -0.4 is 5.73 Å². The topological polar surface area (TPSA) is 43.8 Å². The van der Waals surface area contributed by atoms with Crippen molar-refractivity contribution in [2.45, 2.75) is 5.92 Å². The molecule has 20 heavy (non-hydrogen) atoms. The molecule has 3 nitrogen and oxygen atoms in total. The smallest absolute Gasteiger partial charge is 0.0742 e. The van der Waals surface area contributed by atoms with E-state index in [1.807, 2.05) is 23.9 Å². The number of anilines is 1. The van der Waals surface area contributed by atoms with Crippen molar-refractivity contribution >= 4 is 5.69 Å². The summed E-state index contributed by atoms with van der Waals surface area (Å²) >= 11 is 0. The highest BCUT2D eigenvalue weighted by atomic mass is 15.3. The molecule has 2 N–H and O–H groups in total. The van der Waals surface area contributed by atoms with E-state index in [9.17, 15) is 0 Å². The zero-order valence-electron chi connectivity index (χ0n) is 11.4. The lowest BCUT2D eigenvalue weighted by atomic mass is 9.88. The highest BCUT2D eigenvalue weighted by Gasteiger charge is 2.22. The fourth-order valence-corrected chi connectivity index (χ4v) is 2.62. The first-order valence-corrected chi connectivity index (χ1v) is 6.64. The van der Waals surface area contributed by atoms with E-state index in [0.29, 0.717) is 0 Å². The molecule has 0 aliphatic carbocycles. The Morgan fingerprint density at radius 3 is 1.80 bits per heavy atom. The summed E-state index contributed by atoms with van der Waals surface area (Å²) in [4.78, 5) is 0. The van der Waals surface area contributed by atoms with Crippen LogP contribution >= 0.6 is 0 Å². The van der Waals surface area contributed by atoms with Gasteiger partial charge in [0.05, 0.1) is 23.5 Å². The molecule has 3 rings (SSSR count). The number of nitrogen functional groups attached to an aromatic ring is 1. The summed E-state index contributed by atoms with van der Waals surface area (Å²) in [7, 11) is 1.94. The van der Waals surface area contributed by atoms with E-state index < -0.39 is 0 Å². The van der Waals surface area contributed by atoms with Crippen molar-refractivity contribution in [3.63, 3.8) is 0 Å². The second-order valence-electron chi connectivity index (χ2n) is 4.86. The average molecular weight is 263 g/mol. The van der Waals surface area contributed by atoms with E-state index in [0.717, 1.165) is 11.4 Å². The number of hydrogen-bond acceptors (Lipinski definition) is 2. The first-order valence-electron chi connectivity index (χ1n) is 6.64. The maximum absolute atomic E-state index is 6.13. The fraction of sp³-hybridized carbons (Fsp3) is 0.118. The predicted octanol–water partition coefficient (Wildman–Crippen LogP) is 3.18. The van der Waals surface area contributed by atoms with Gasteiger partial charge in [-0.05, 0) is 11.1 Å². The second-order valence-corrected chi connectivity index (χ2v) is 4.86. The number of aryl methyl sites for hydroxylation is 1. The Hall–Kier alpha value is -2.55. The zero-order chi connectivity index (χ0) is 13.9. The Bertz CT molecular complexity index is 628. The van der Waals surface area contributed by atoms with Gasteiger partial charge in [0.25, 0.3) is 0 Å². The molecule has 0 saturated carbocycles. The van der Waals surface area contributed by atoms with Crippen LogP contribution in [0.4, 0.5) is 5.69 Å². The third-order valence-corrected chi connectivity index (χ3v) is 3.55. The number of hydrogen-bond donors (Lipinski definition) is 1. The molecule has 0 amide bonds. The van der Waals surface area contributed by atoms with E-state index in [-0.39, 0.29) is 5.92 Å². The molecule has 0 spiro atoms. The molecule has 0 unspecified atom stereocenters. The first kappa shape index (κ1) is 12.5. The molecule has 1 aromatic heterocycles. The van der Waals surface area contributed by atoms with Crippen LogP contribution in [0.25, 0.3) is 0 Å². The van der Waals surface area contributed by atoms with Crippen LogP contribution in [0.15, 0.2) is 66.9 Å². The van der Waals surface area contributed by atoms with Crippen molar-refractivity contribution in [2.24, 2.45) is 7.05 Å².